The normalized spacial score (nSPS) is 12.7. The van der Waals surface area contributed by atoms with E-state index in [9.17, 15) is 0 Å². The number of nitrogens with zero attached hydrogens (tertiary/aromatic N) is 1. The topological polar surface area (TPSA) is 38.9 Å². The third-order valence-corrected chi connectivity index (χ3v) is 3.11. The van der Waals surface area contributed by atoms with Crippen LogP contribution in [0.4, 0.5) is 0 Å². The Balaban J connectivity index is 2.28. The van der Waals surface area contributed by atoms with E-state index in [-0.39, 0.29) is 6.04 Å². The molecule has 72 valence electrons. The zero-order valence-electron chi connectivity index (χ0n) is 7.35. The Bertz CT molecular complexity index is 397. The Labute approximate surface area is 95.1 Å². The smallest absolute Gasteiger partial charge is 0.0754 e. The summed E-state index contributed by atoms with van der Waals surface area (Å²) in [6.07, 6.45) is 0. The maximum absolute atomic E-state index is 6.04. The van der Waals surface area contributed by atoms with Crippen molar-refractivity contribution in [3.05, 3.63) is 51.4 Å². The van der Waals surface area contributed by atoms with Crippen LogP contribution in [-0.4, -0.2) is 4.37 Å². The van der Waals surface area contributed by atoms with Gasteiger partial charge in [0.25, 0.3) is 0 Å². The fourth-order valence-corrected chi connectivity index (χ4v) is 2.04. The van der Waals surface area contributed by atoms with Gasteiger partial charge in [0, 0.05) is 9.85 Å². The van der Waals surface area contributed by atoms with E-state index in [1.807, 2.05) is 35.7 Å². The van der Waals surface area contributed by atoms with Gasteiger partial charge in [-0.05, 0) is 35.3 Å². The standard InChI is InChI=1S/C10H9BrN2S/c11-8-3-1-7(2-4-8)10(12)9-5-6-14-13-9/h1-6,10H,12H2. The van der Waals surface area contributed by atoms with Gasteiger partial charge in [-0.1, -0.05) is 28.1 Å². The molecule has 1 unspecified atom stereocenters. The van der Waals surface area contributed by atoms with E-state index < -0.39 is 0 Å². The summed E-state index contributed by atoms with van der Waals surface area (Å²) in [5, 5.41) is 1.94. The maximum atomic E-state index is 6.04. The first-order valence-electron chi connectivity index (χ1n) is 4.18. The van der Waals surface area contributed by atoms with Crippen LogP contribution in [0.15, 0.2) is 40.2 Å². The number of aromatic nitrogens is 1. The lowest BCUT2D eigenvalue weighted by molar-refractivity contribution is 0.846. The summed E-state index contributed by atoms with van der Waals surface area (Å²) in [5.41, 5.74) is 8.05. The van der Waals surface area contributed by atoms with Gasteiger partial charge in [0.05, 0.1) is 11.7 Å². The van der Waals surface area contributed by atoms with Crippen LogP contribution in [0.1, 0.15) is 17.3 Å². The molecule has 0 spiro atoms. The van der Waals surface area contributed by atoms with Crippen LogP contribution in [0.2, 0.25) is 0 Å². The van der Waals surface area contributed by atoms with Crippen LogP contribution in [0.5, 0.6) is 0 Å². The van der Waals surface area contributed by atoms with Gasteiger partial charge in [0.1, 0.15) is 0 Å². The minimum Gasteiger partial charge on any atom is -0.319 e. The molecule has 2 nitrogen and oxygen atoms in total. The van der Waals surface area contributed by atoms with E-state index in [4.69, 9.17) is 5.73 Å². The van der Waals surface area contributed by atoms with Crippen molar-refractivity contribution in [1.82, 2.24) is 4.37 Å². The lowest BCUT2D eigenvalue weighted by Gasteiger charge is -2.08. The average Bonchev–Trinajstić information content (AvgIpc) is 2.71. The maximum Gasteiger partial charge on any atom is 0.0754 e. The van der Waals surface area contributed by atoms with Crippen LogP contribution >= 0.6 is 27.5 Å². The van der Waals surface area contributed by atoms with Gasteiger partial charge in [0.2, 0.25) is 0 Å². The van der Waals surface area contributed by atoms with E-state index in [1.165, 1.54) is 11.5 Å². The molecule has 2 aromatic rings. The molecule has 1 aromatic carbocycles. The van der Waals surface area contributed by atoms with Crippen LogP contribution in [0, 0.1) is 0 Å². The Morgan fingerprint density at radius 3 is 2.50 bits per heavy atom. The Kier molecular flexibility index (Phi) is 2.96. The number of nitrogens with two attached hydrogens (primary N) is 1. The lowest BCUT2D eigenvalue weighted by atomic mass is 10.1. The van der Waals surface area contributed by atoms with Crippen molar-refractivity contribution in [2.24, 2.45) is 5.73 Å². The summed E-state index contributed by atoms with van der Waals surface area (Å²) in [7, 11) is 0. The molecule has 1 atom stereocenters. The predicted octanol–water partition coefficient (Wildman–Crippen LogP) is 2.95. The molecule has 4 heteroatoms. The van der Waals surface area contributed by atoms with Gasteiger partial charge in [-0.15, -0.1) is 0 Å². The number of halogens is 1. The summed E-state index contributed by atoms with van der Waals surface area (Å²) >= 11 is 4.82. The molecule has 0 saturated heterocycles. The second-order valence-corrected chi connectivity index (χ2v) is 4.53. The fourth-order valence-electron chi connectivity index (χ4n) is 1.22. The molecule has 1 heterocycles. The highest BCUT2D eigenvalue weighted by Crippen LogP contribution is 2.20. The van der Waals surface area contributed by atoms with Crippen molar-refractivity contribution < 1.29 is 0 Å². The zero-order valence-corrected chi connectivity index (χ0v) is 9.75. The molecule has 0 amide bonds. The van der Waals surface area contributed by atoms with E-state index in [2.05, 4.69) is 20.3 Å². The highest BCUT2D eigenvalue weighted by Gasteiger charge is 2.09. The van der Waals surface area contributed by atoms with Gasteiger partial charge in [-0.25, -0.2) is 0 Å². The lowest BCUT2D eigenvalue weighted by Crippen LogP contribution is -2.11. The first kappa shape index (κ1) is 9.83. The number of hydrogen-bond donors (Lipinski definition) is 1. The van der Waals surface area contributed by atoms with Crippen molar-refractivity contribution in [3.8, 4) is 0 Å². The molecule has 0 bridgehead atoms. The minimum absolute atomic E-state index is 0.116. The zero-order chi connectivity index (χ0) is 9.97. The second kappa shape index (κ2) is 4.21. The highest BCUT2D eigenvalue weighted by molar-refractivity contribution is 9.10. The third-order valence-electron chi connectivity index (χ3n) is 2.01. The van der Waals surface area contributed by atoms with Gasteiger partial charge >= 0.3 is 0 Å². The van der Waals surface area contributed by atoms with Gasteiger partial charge in [-0.2, -0.15) is 4.37 Å². The molecule has 14 heavy (non-hydrogen) atoms. The van der Waals surface area contributed by atoms with Gasteiger partial charge in [-0.3, -0.25) is 0 Å². The Morgan fingerprint density at radius 2 is 1.93 bits per heavy atom. The summed E-state index contributed by atoms with van der Waals surface area (Å²) < 4.78 is 5.28. The molecular weight excluding hydrogens is 260 g/mol. The second-order valence-electron chi connectivity index (χ2n) is 2.95. The quantitative estimate of drug-likeness (QED) is 0.910. The van der Waals surface area contributed by atoms with Crippen molar-refractivity contribution in [1.29, 1.82) is 0 Å². The minimum atomic E-state index is -0.116. The number of hydrogen-bond acceptors (Lipinski definition) is 3. The van der Waals surface area contributed by atoms with Gasteiger partial charge < -0.3 is 5.73 Å². The Morgan fingerprint density at radius 1 is 1.21 bits per heavy atom. The van der Waals surface area contributed by atoms with Crippen LogP contribution in [0.3, 0.4) is 0 Å². The monoisotopic (exact) mass is 268 g/mol. The molecule has 1 aromatic heterocycles. The van der Waals surface area contributed by atoms with Crippen molar-refractivity contribution in [2.45, 2.75) is 6.04 Å². The molecule has 0 fully saturated rings. The highest BCUT2D eigenvalue weighted by atomic mass is 79.9. The molecule has 0 radical (unpaired) electrons. The fraction of sp³-hybridized carbons (Fsp3) is 0.100. The number of benzene rings is 1. The van der Waals surface area contributed by atoms with Crippen LogP contribution < -0.4 is 5.73 Å². The predicted molar refractivity (Wildman–Crippen MR) is 62.3 cm³/mol. The molecule has 2 rings (SSSR count). The van der Waals surface area contributed by atoms with Gasteiger partial charge in [0.15, 0.2) is 0 Å². The Hall–Kier alpha value is -0.710. The van der Waals surface area contributed by atoms with E-state index in [0.29, 0.717) is 0 Å². The van der Waals surface area contributed by atoms with Crippen molar-refractivity contribution in [2.75, 3.05) is 0 Å². The summed E-state index contributed by atoms with van der Waals surface area (Å²) in [4.78, 5) is 0. The molecule has 0 saturated carbocycles. The molecular formula is C10H9BrN2S. The van der Waals surface area contributed by atoms with E-state index in [0.717, 1.165) is 15.7 Å². The van der Waals surface area contributed by atoms with Crippen molar-refractivity contribution in [3.63, 3.8) is 0 Å². The summed E-state index contributed by atoms with van der Waals surface area (Å²) in [6.45, 7) is 0. The van der Waals surface area contributed by atoms with Crippen LogP contribution in [0.25, 0.3) is 0 Å². The summed E-state index contributed by atoms with van der Waals surface area (Å²) in [5.74, 6) is 0. The van der Waals surface area contributed by atoms with E-state index >= 15 is 0 Å². The van der Waals surface area contributed by atoms with Crippen LogP contribution in [-0.2, 0) is 0 Å². The first-order chi connectivity index (χ1) is 6.77. The molecule has 0 aliphatic rings. The average molecular weight is 269 g/mol. The first-order valence-corrected chi connectivity index (χ1v) is 5.81. The molecule has 2 N–H and O–H groups in total. The number of rotatable bonds is 2. The summed E-state index contributed by atoms with van der Waals surface area (Å²) in [6, 6.07) is 9.83. The molecule has 0 aliphatic carbocycles. The SMILES string of the molecule is NC(c1ccc(Br)cc1)c1ccsn1. The third kappa shape index (κ3) is 2.03. The molecule has 0 aliphatic heterocycles. The van der Waals surface area contributed by atoms with Crippen molar-refractivity contribution >= 4 is 27.5 Å². The van der Waals surface area contributed by atoms with E-state index in [1.54, 1.807) is 0 Å². The largest absolute Gasteiger partial charge is 0.319 e.